The molecule has 0 bridgehead atoms. The van der Waals surface area contributed by atoms with Gasteiger partial charge in [0, 0.05) is 14.0 Å². The topological polar surface area (TPSA) is 254 Å². The van der Waals surface area contributed by atoms with Crippen LogP contribution in [0.15, 0.2) is 9.59 Å². The molecule has 1 fully saturated rings. The first-order valence-electron chi connectivity index (χ1n) is 7.30. The van der Waals surface area contributed by atoms with Crippen LogP contribution in [0.1, 0.15) is 6.92 Å². The molecule has 0 saturated carbocycles. The lowest BCUT2D eigenvalue weighted by Gasteiger charge is -2.44. The van der Waals surface area contributed by atoms with Gasteiger partial charge in [0.05, 0.1) is 6.61 Å². The van der Waals surface area contributed by atoms with E-state index in [4.69, 9.17) is 10.5 Å². The quantitative estimate of drug-likeness (QED) is 0.284. The maximum absolute atomic E-state index is 12.4. The standard InChI is InChI=1S/C13H20N4O8.2H2O/c1-4(19)17(6-10(14)15-13(24)16(2)11(6)23)12-9(22)8(21)7(20)5(3-18)25-12;;/h5,7-9,12,18,20-22H,3,14H2,1-2H3,(H,15,24);2*1H2/t5-,7-,8+,9-,12-;;/m0../s1. The fraction of sp³-hybridized carbons (Fsp3) is 0.615. The number of hydrogen-bond acceptors (Lipinski definition) is 9. The first-order valence-corrected chi connectivity index (χ1v) is 7.30. The molecule has 1 aliphatic heterocycles. The van der Waals surface area contributed by atoms with Crippen molar-refractivity contribution in [2.45, 2.75) is 37.6 Å². The molecule has 1 amide bonds. The molecule has 156 valence electrons. The van der Waals surface area contributed by atoms with Crippen molar-refractivity contribution in [3.63, 3.8) is 0 Å². The van der Waals surface area contributed by atoms with Crippen molar-refractivity contribution < 1.29 is 40.9 Å². The van der Waals surface area contributed by atoms with E-state index in [2.05, 4.69) is 4.98 Å². The lowest BCUT2D eigenvalue weighted by atomic mass is 9.97. The largest absolute Gasteiger partial charge is 0.412 e. The number of rotatable bonds is 3. The minimum absolute atomic E-state index is 0. The van der Waals surface area contributed by atoms with E-state index >= 15 is 0 Å². The Morgan fingerprint density at radius 1 is 1.22 bits per heavy atom. The zero-order valence-electron chi connectivity index (χ0n) is 14.5. The van der Waals surface area contributed by atoms with Crippen molar-refractivity contribution in [3.8, 4) is 0 Å². The summed E-state index contributed by atoms with van der Waals surface area (Å²) < 4.78 is 5.95. The van der Waals surface area contributed by atoms with E-state index < -0.39 is 65.9 Å². The number of nitrogens with zero attached hydrogens (tertiary/aromatic N) is 2. The van der Waals surface area contributed by atoms with Crippen LogP contribution in [0.25, 0.3) is 0 Å². The predicted octanol–water partition coefficient (Wildman–Crippen LogP) is -5.84. The van der Waals surface area contributed by atoms with Crippen LogP contribution in [0.4, 0.5) is 11.5 Å². The average Bonchev–Trinajstić information content (AvgIpc) is 2.55. The molecule has 2 heterocycles. The number of hydrogen-bond donors (Lipinski definition) is 6. The number of nitrogen functional groups attached to an aromatic ring is 1. The van der Waals surface area contributed by atoms with Gasteiger partial charge in [-0.25, -0.2) is 4.79 Å². The van der Waals surface area contributed by atoms with E-state index in [9.17, 15) is 34.8 Å². The number of nitrogens with two attached hydrogens (primary N) is 1. The Morgan fingerprint density at radius 3 is 2.26 bits per heavy atom. The van der Waals surface area contributed by atoms with Gasteiger partial charge in [-0.15, -0.1) is 0 Å². The first-order chi connectivity index (χ1) is 11.6. The summed E-state index contributed by atoms with van der Waals surface area (Å²) in [6.45, 7) is 0.331. The van der Waals surface area contributed by atoms with Gasteiger partial charge in [-0.1, -0.05) is 0 Å². The number of aliphatic hydroxyl groups excluding tert-OH is 4. The molecule has 14 nitrogen and oxygen atoms in total. The normalized spacial score (nSPS) is 27.3. The van der Waals surface area contributed by atoms with Crippen molar-refractivity contribution in [3.05, 3.63) is 20.8 Å². The number of aromatic amines is 1. The zero-order valence-corrected chi connectivity index (χ0v) is 14.5. The summed E-state index contributed by atoms with van der Waals surface area (Å²) >= 11 is 0. The Hall–Kier alpha value is -2.33. The third-order valence-electron chi connectivity index (χ3n) is 4.01. The summed E-state index contributed by atoms with van der Waals surface area (Å²) in [5.41, 5.74) is 3.42. The van der Waals surface area contributed by atoms with Crippen LogP contribution in [0, 0.1) is 0 Å². The van der Waals surface area contributed by atoms with Crippen LogP contribution >= 0.6 is 0 Å². The van der Waals surface area contributed by atoms with E-state index in [1.54, 1.807) is 0 Å². The second kappa shape index (κ2) is 9.05. The van der Waals surface area contributed by atoms with Crippen molar-refractivity contribution in [1.29, 1.82) is 0 Å². The number of nitrogens with one attached hydrogen (secondary N) is 1. The lowest BCUT2D eigenvalue weighted by Crippen LogP contribution is -2.65. The number of aromatic nitrogens is 2. The Morgan fingerprint density at radius 2 is 1.78 bits per heavy atom. The Bertz CT molecular complexity index is 775. The molecular weight excluding hydrogens is 372 g/mol. The molecule has 0 unspecified atom stereocenters. The van der Waals surface area contributed by atoms with Crippen LogP contribution in [-0.2, 0) is 16.6 Å². The molecule has 2 rings (SSSR count). The number of ether oxygens (including phenoxy) is 1. The fourth-order valence-electron chi connectivity index (χ4n) is 2.62. The van der Waals surface area contributed by atoms with Crippen LogP contribution in [0.2, 0.25) is 0 Å². The molecule has 0 aliphatic carbocycles. The summed E-state index contributed by atoms with van der Waals surface area (Å²) in [6, 6.07) is 0. The van der Waals surface area contributed by atoms with Gasteiger partial charge >= 0.3 is 5.69 Å². The molecule has 1 saturated heterocycles. The maximum Gasteiger partial charge on any atom is 0.329 e. The number of anilines is 2. The smallest absolute Gasteiger partial charge is 0.329 e. The highest BCUT2D eigenvalue weighted by atomic mass is 16.6. The zero-order chi connectivity index (χ0) is 19.0. The third kappa shape index (κ3) is 4.16. The highest BCUT2D eigenvalue weighted by molar-refractivity contribution is 5.94. The van der Waals surface area contributed by atoms with Gasteiger partial charge in [0.1, 0.15) is 30.2 Å². The molecule has 27 heavy (non-hydrogen) atoms. The van der Waals surface area contributed by atoms with Crippen LogP contribution in [-0.4, -0.2) is 84.1 Å². The highest BCUT2D eigenvalue weighted by Gasteiger charge is 2.47. The van der Waals surface area contributed by atoms with Crippen LogP contribution in [0.5, 0.6) is 0 Å². The molecule has 0 spiro atoms. The highest BCUT2D eigenvalue weighted by Crippen LogP contribution is 2.28. The second-order valence-electron chi connectivity index (χ2n) is 5.67. The monoisotopic (exact) mass is 396 g/mol. The second-order valence-corrected chi connectivity index (χ2v) is 5.67. The molecule has 1 aromatic heterocycles. The molecule has 0 aromatic carbocycles. The van der Waals surface area contributed by atoms with Crippen LogP contribution in [0.3, 0.4) is 0 Å². The Balaban J connectivity index is 0.00000338. The van der Waals surface area contributed by atoms with Gasteiger partial charge in [0.2, 0.25) is 5.91 Å². The summed E-state index contributed by atoms with van der Waals surface area (Å²) in [5.74, 6) is -1.24. The molecule has 0 radical (unpaired) electrons. The minimum atomic E-state index is -1.81. The van der Waals surface area contributed by atoms with Gasteiger partial charge in [0.25, 0.3) is 5.56 Å². The van der Waals surface area contributed by atoms with E-state index in [0.717, 1.165) is 14.0 Å². The molecule has 5 atom stereocenters. The Kier molecular flexibility index (Phi) is 8.27. The Labute approximate surface area is 151 Å². The van der Waals surface area contributed by atoms with Gasteiger partial charge < -0.3 is 41.8 Å². The van der Waals surface area contributed by atoms with Gasteiger partial charge in [0.15, 0.2) is 11.9 Å². The number of H-pyrrole nitrogens is 1. The lowest BCUT2D eigenvalue weighted by molar-refractivity contribution is -0.228. The molecular formula is C13H24N4O10. The van der Waals surface area contributed by atoms with Crippen molar-refractivity contribution >= 4 is 17.4 Å². The molecule has 11 N–H and O–H groups in total. The maximum atomic E-state index is 12.4. The van der Waals surface area contributed by atoms with E-state index in [1.165, 1.54) is 0 Å². The van der Waals surface area contributed by atoms with Crippen molar-refractivity contribution in [1.82, 2.24) is 9.55 Å². The number of carbonyl (C=O) groups is 1. The molecule has 1 aliphatic rings. The minimum Gasteiger partial charge on any atom is -0.412 e. The molecule has 1 aromatic rings. The van der Waals surface area contributed by atoms with Crippen molar-refractivity contribution in [2.75, 3.05) is 17.2 Å². The van der Waals surface area contributed by atoms with Gasteiger partial charge in [-0.2, -0.15) is 0 Å². The van der Waals surface area contributed by atoms with Gasteiger partial charge in [-0.3, -0.25) is 24.0 Å². The number of carbonyl (C=O) groups excluding carboxylic acids is 1. The van der Waals surface area contributed by atoms with Crippen LogP contribution < -0.4 is 21.9 Å². The first kappa shape index (κ1) is 24.7. The fourth-order valence-corrected chi connectivity index (χ4v) is 2.62. The summed E-state index contributed by atoms with van der Waals surface area (Å²) in [7, 11) is 1.15. The summed E-state index contributed by atoms with van der Waals surface area (Å²) in [5, 5.41) is 39.1. The predicted molar refractivity (Wildman–Crippen MR) is 90.9 cm³/mol. The summed E-state index contributed by atoms with van der Waals surface area (Å²) in [6.07, 6.45) is -8.13. The average molecular weight is 396 g/mol. The van der Waals surface area contributed by atoms with E-state index in [1.807, 2.05) is 0 Å². The van der Waals surface area contributed by atoms with E-state index in [0.29, 0.717) is 9.47 Å². The van der Waals surface area contributed by atoms with E-state index in [-0.39, 0.29) is 11.0 Å². The molecule has 14 heteroatoms. The third-order valence-corrected chi connectivity index (χ3v) is 4.01. The number of aliphatic hydroxyl groups is 4. The van der Waals surface area contributed by atoms with Gasteiger partial charge in [-0.05, 0) is 0 Å². The number of amides is 1. The van der Waals surface area contributed by atoms with Crippen molar-refractivity contribution in [2.24, 2.45) is 7.05 Å². The summed E-state index contributed by atoms with van der Waals surface area (Å²) in [4.78, 5) is 38.9. The SMILES string of the molecule is CC(=O)N(c1c(N)[nH]c(=O)n(C)c1=O)[C@H]1O[C@@H](CO)[C@H](O)[C@@H](O)[C@@H]1O.O.O.